The molecule has 0 unspecified atom stereocenters. The molecule has 2 N–H and O–H groups in total. The van der Waals surface area contributed by atoms with Gasteiger partial charge in [0.15, 0.2) is 0 Å². The van der Waals surface area contributed by atoms with E-state index in [1.54, 1.807) is 0 Å². The Hall–Kier alpha value is -0.980. The molecule has 120 valence electrons. The first kappa shape index (κ1) is 18.1. The Labute approximate surface area is 132 Å². The lowest BCUT2D eigenvalue weighted by Crippen LogP contribution is -2.13. The molecule has 0 heterocycles. The minimum absolute atomic E-state index is 0.211. The predicted octanol–water partition coefficient (Wildman–Crippen LogP) is 5.98. The molecule has 0 aromatic heterocycles. The van der Waals surface area contributed by atoms with Crippen molar-refractivity contribution in [2.45, 2.75) is 74.7 Å². The van der Waals surface area contributed by atoms with Crippen LogP contribution in [0.4, 0.5) is 0 Å². The molecule has 0 aliphatic heterocycles. The summed E-state index contributed by atoms with van der Waals surface area (Å²) < 4.78 is 0. The van der Waals surface area contributed by atoms with Crippen molar-refractivity contribution in [3.63, 3.8) is 0 Å². The highest BCUT2D eigenvalue weighted by Crippen LogP contribution is 2.43. The lowest BCUT2D eigenvalue weighted by molar-refractivity contribution is 0.410. The zero-order valence-corrected chi connectivity index (χ0v) is 15.4. The maximum absolute atomic E-state index is 6.34. The standard InChI is InChI=1S/C20H35N/c1-9-17(21)18(15-10-11-15)16(13-19(3,4)5)12-14(2)20(6,7)8/h9,12,15H,10-11,13,21H2,1-8H3/b14-12+,17-9+,18-16+. The van der Waals surface area contributed by atoms with Gasteiger partial charge in [-0.3, -0.25) is 0 Å². The molecule has 1 aliphatic rings. The summed E-state index contributed by atoms with van der Waals surface area (Å²) in [5.41, 5.74) is 12.1. The van der Waals surface area contributed by atoms with Crippen molar-refractivity contribution in [2.24, 2.45) is 22.5 Å². The van der Waals surface area contributed by atoms with E-state index in [0.717, 1.165) is 12.1 Å². The van der Waals surface area contributed by atoms with Crippen molar-refractivity contribution in [3.8, 4) is 0 Å². The second-order valence-electron chi connectivity index (χ2n) is 8.77. The quantitative estimate of drug-likeness (QED) is 0.632. The Bertz CT molecular complexity index is 457. The molecule has 1 nitrogen and oxygen atoms in total. The van der Waals surface area contributed by atoms with Gasteiger partial charge in [0.1, 0.15) is 0 Å². The highest BCUT2D eigenvalue weighted by atomic mass is 14.6. The number of rotatable bonds is 4. The molecule has 1 aliphatic carbocycles. The van der Waals surface area contributed by atoms with Gasteiger partial charge in [0.25, 0.3) is 0 Å². The van der Waals surface area contributed by atoms with Gasteiger partial charge in [-0.2, -0.15) is 0 Å². The number of hydrogen-bond donors (Lipinski definition) is 1. The molecule has 0 aromatic carbocycles. The summed E-state index contributed by atoms with van der Waals surface area (Å²) in [6, 6.07) is 0. The minimum Gasteiger partial charge on any atom is -0.399 e. The minimum atomic E-state index is 0.211. The summed E-state index contributed by atoms with van der Waals surface area (Å²) in [7, 11) is 0. The molecule has 0 aromatic rings. The smallest absolute Gasteiger partial charge is 0.0308 e. The van der Waals surface area contributed by atoms with Gasteiger partial charge < -0.3 is 5.73 Å². The molecule has 0 spiro atoms. The van der Waals surface area contributed by atoms with Crippen molar-refractivity contribution in [1.29, 1.82) is 0 Å². The van der Waals surface area contributed by atoms with Gasteiger partial charge in [0.05, 0.1) is 0 Å². The van der Waals surface area contributed by atoms with E-state index < -0.39 is 0 Å². The van der Waals surface area contributed by atoms with Crippen molar-refractivity contribution >= 4 is 0 Å². The summed E-state index contributed by atoms with van der Waals surface area (Å²) in [4.78, 5) is 0. The average molecular weight is 290 g/mol. The molecule has 1 saturated carbocycles. The van der Waals surface area contributed by atoms with E-state index in [4.69, 9.17) is 5.73 Å². The molecule has 0 saturated heterocycles. The Morgan fingerprint density at radius 1 is 1.10 bits per heavy atom. The molecule has 1 heteroatoms. The zero-order valence-electron chi connectivity index (χ0n) is 15.4. The second-order valence-corrected chi connectivity index (χ2v) is 8.77. The van der Waals surface area contributed by atoms with Crippen LogP contribution in [0.25, 0.3) is 0 Å². The van der Waals surface area contributed by atoms with Gasteiger partial charge in [0.2, 0.25) is 0 Å². The molecule has 0 radical (unpaired) electrons. The van der Waals surface area contributed by atoms with E-state index in [2.05, 4.69) is 60.6 Å². The van der Waals surface area contributed by atoms with Crippen molar-refractivity contribution in [2.75, 3.05) is 0 Å². The van der Waals surface area contributed by atoms with Crippen LogP contribution >= 0.6 is 0 Å². The number of nitrogens with two attached hydrogens (primary N) is 1. The van der Waals surface area contributed by atoms with Gasteiger partial charge in [-0.25, -0.2) is 0 Å². The summed E-state index contributed by atoms with van der Waals surface area (Å²) in [6.07, 6.45) is 8.15. The maximum Gasteiger partial charge on any atom is 0.0308 e. The maximum atomic E-state index is 6.34. The molecule has 0 amide bonds. The SMILES string of the molecule is C\C=C(N)/C(=C(\C=C(/C)C(C)(C)C)CC(C)(C)C)C1CC1. The van der Waals surface area contributed by atoms with Crippen molar-refractivity contribution in [1.82, 2.24) is 0 Å². The van der Waals surface area contributed by atoms with E-state index in [9.17, 15) is 0 Å². The fourth-order valence-corrected chi connectivity index (χ4v) is 2.48. The Morgan fingerprint density at radius 2 is 1.62 bits per heavy atom. The Morgan fingerprint density at radius 3 is 1.95 bits per heavy atom. The first-order chi connectivity index (χ1) is 9.45. The largest absolute Gasteiger partial charge is 0.399 e. The highest BCUT2D eigenvalue weighted by Gasteiger charge is 2.30. The van der Waals surface area contributed by atoms with Crippen LogP contribution in [-0.4, -0.2) is 0 Å². The summed E-state index contributed by atoms with van der Waals surface area (Å²) in [6.45, 7) is 18.1. The third kappa shape index (κ3) is 5.73. The van der Waals surface area contributed by atoms with E-state index in [1.807, 2.05) is 6.92 Å². The van der Waals surface area contributed by atoms with Gasteiger partial charge in [-0.15, -0.1) is 0 Å². The van der Waals surface area contributed by atoms with Crippen LogP contribution in [0.2, 0.25) is 0 Å². The van der Waals surface area contributed by atoms with Gasteiger partial charge >= 0.3 is 0 Å². The fraction of sp³-hybridized carbons (Fsp3) is 0.700. The van der Waals surface area contributed by atoms with Crippen LogP contribution in [0.1, 0.15) is 74.7 Å². The van der Waals surface area contributed by atoms with Crippen LogP contribution in [0.3, 0.4) is 0 Å². The first-order valence-corrected chi connectivity index (χ1v) is 8.29. The number of allylic oxidation sites excluding steroid dienone is 5. The summed E-state index contributed by atoms with van der Waals surface area (Å²) in [5.74, 6) is 0.683. The first-order valence-electron chi connectivity index (χ1n) is 8.29. The van der Waals surface area contributed by atoms with Crippen LogP contribution < -0.4 is 5.73 Å². The van der Waals surface area contributed by atoms with Crippen molar-refractivity contribution < 1.29 is 0 Å². The van der Waals surface area contributed by atoms with Gasteiger partial charge in [-0.1, -0.05) is 59.3 Å². The van der Waals surface area contributed by atoms with Crippen LogP contribution in [-0.2, 0) is 0 Å². The molecule has 1 rings (SSSR count). The van der Waals surface area contributed by atoms with Crippen molar-refractivity contribution in [3.05, 3.63) is 34.6 Å². The summed E-state index contributed by atoms with van der Waals surface area (Å²) in [5, 5.41) is 0. The van der Waals surface area contributed by atoms with E-state index >= 15 is 0 Å². The monoisotopic (exact) mass is 289 g/mol. The normalized spacial score (nSPS) is 19.6. The lowest BCUT2D eigenvalue weighted by Gasteiger charge is -2.25. The highest BCUT2D eigenvalue weighted by molar-refractivity contribution is 5.44. The molecule has 0 atom stereocenters. The third-order valence-corrected chi connectivity index (χ3v) is 4.25. The zero-order chi connectivity index (χ0) is 16.4. The molecule has 1 fully saturated rings. The summed E-state index contributed by atoms with van der Waals surface area (Å²) >= 11 is 0. The predicted molar refractivity (Wildman–Crippen MR) is 95.0 cm³/mol. The lowest BCUT2D eigenvalue weighted by atomic mass is 9.80. The van der Waals surface area contributed by atoms with Gasteiger partial charge in [0, 0.05) is 5.70 Å². The van der Waals surface area contributed by atoms with Crippen LogP contribution in [0.5, 0.6) is 0 Å². The Balaban J connectivity index is 3.36. The molecular weight excluding hydrogens is 254 g/mol. The average Bonchev–Trinajstić information content (AvgIpc) is 3.09. The van der Waals surface area contributed by atoms with Gasteiger partial charge in [-0.05, 0) is 61.0 Å². The molecule has 0 bridgehead atoms. The second kappa shape index (κ2) is 6.42. The van der Waals surface area contributed by atoms with E-state index in [0.29, 0.717) is 5.92 Å². The number of hydrogen-bond acceptors (Lipinski definition) is 1. The van der Waals surface area contributed by atoms with E-state index in [1.165, 1.54) is 29.6 Å². The van der Waals surface area contributed by atoms with Crippen LogP contribution in [0.15, 0.2) is 34.6 Å². The Kier molecular flexibility index (Phi) is 5.52. The third-order valence-electron chi connectivity index (χ3n) is 4.25. The van der Waals surface area contributed by atoms with Crippen LogP contribution in [0, 0.1) is 16.7 Å². The topological polar surface area (TPSA) is 26.0 Å². The fourth-order valence-electron chi connectivity index (χ4n) is 2.48. The molecule has 21 heavy (non-hydrogen) atoms. The van der Waals surface area contributed by atoms with E-state index in [-0.39, 0.29) is 10.8 Å². The molecular formula is C20H35N.